The highest BCUT2D eigenvalue weighted by atomic mass is 32.1. The van der Waals surface area contributed by atoms with Crippen molar-refractivity contribution in [2.75, 3.05) is 6.61 Å². The van der Waals surface area contributed by atoms with Gasteiger partial charge in [-0.15, -0.1) is 11.3 Å². The van der Waals surface area contributed by atoms with Crippen LogP contribution in [0.5, 0.6) is 0 Å². The zero-order valence-electron chi connectivity index (χ0n) is 16.2. The Morgan fingerprint density at radius 1 is 1.19 bits per heavy atom. The SMILES string of the molecule is O=C(N[C@@H](CO)Cc1nccs1)c1cccc(F)c1-c1cc(-c2ccc(F)cc2)n[nH]1. The average molecular weight is 440 g/mol. The van der Waals surface area contributed by atoms with Crippen LogP contribution in [0.1, 0.15) is 15.4 Å². The molecule has 0 saturated carbocycles. The summed E-state index contributed by atoms with van der Waals surface area (Å²) in [5.41, 5.74) is 1.61. The van der Waals surface area contributed by atoms with Crippen LogP contribution in [0.25, 0.3) is 22.5 Å². The summed E-state index contributed by atoms with van der Waals surface area (Å²) in [4.78, 5) is 17.1. The predicted octanol–water partition coefficient (Wildman–Crippen LogP) is 3.81. The lowest BCUT2D eigenvalue weighted by Crippen LogP contribution is -2.39. The van der Waals surface area contributed by atoms with E-state index in [1.807, 2.05) is 5.38 Å². The first-order valence-electron chi connectivity index (χ1n) is 9.45. The number of benzene rings is 2. The van der Waals surface area contributed by atoms with Crippen LogP contribution in [0.3, 0.4) is 0 Å². The van der Waals surface area contributed by atoms with Gasteiger partial charge in [-0.2, -0.15) is 5.10 Å². The zero-order valence-corrected chi connectivity index (χ0v) is 17.0. The maximum Gasteiger partial charge on any atom is 0.252 e. The Labute approximate surface area is 180 Å². The molecule has 3 N–H and O–H groups in total. The van der Waals surface area contributed by atoms with E-state index in [0.29, 0.717) is 23.4 Å². The molecule has 0 radical (unpaired) electrons. The Morgan fingerprint density at radius 3 is 2.71 bits per heavy atom. The topological polar surface area (TPSA) is 90.9 Å². The summed E-state index contributed by atoms with van der Waals surface area (Å²) in [5, 5.41) is 21.9. The fourth-order valence-electron chi connectivity index (χ4n) is 3.19. The molecule has 0 spiro atoms. The van der Waals surface area contributed by atoms with Crippen LogP contribution in [0.15, 0.2) is 60.1 Å². The van der Waals surface area contributed by atoms with Crippen LogP contribution in [-0.4, -0.2) is 38.8 Å². The van der Waals surface area contributed by atoms with Crippen LogP contribution in [0.2, 0.25) is 0 Å². The van der Waals surface area contributed by atoms with Crippen LogP contribution in [0.4, 0.5) is 8.78 Å². The number of carbonyl (C=O) groups is 1. The third-order valence-corrected chi connectivity index (χ3v) is 5.51. The first-order valence-corrected chi connectivity index (χ1v) is 10.3. The first-order chi connectivity index (χ1) is 15.0. The van der Waals surface area contributed by atoms with E-state index >= 15 is 0 Å². The molecule has 1 atom stereocenters. The number of hydrogen-bond donors (Lipinski definition) is 3. The third-order valence-electron chi connectivity index (χ3n) is 4.71. The highest BCUT2D eigenvalue weighted by molar-refractivity contribution is 7.09. The third kappa shape index (κ3) is 4.68. The number of rotatable bonds is 7. The van der Waals surface area contributed by atoms with E-state index in [-0.39, 0.29) is 23.6 Å². The van der Waals surface area contributed by atoms with Gasteiger partial charge in [0.05, 0.1) is 34.6 Å². The van der Waals surface area contributed by atoms with Crippen molar-refractivity contribution in [3.8, 4) is 22.5 Å². The molecule has 2 aromatic heterocycles. The van der Waals surface area contributed by atoms with Gasteiger partial charge < -0.3 is 10.4 Å². The number of amides is 1. The molecule has 31 heavy (non-hydrogen) atoms. The standard InChI is InChI=1S/C22H18F2N4O2S/c23-14-6-4-13(5-7-14)18-11-19(28-27-18)21-16(2-1-3-17(21)24)22(30)26-15(12-29)10-20-25-8-9-31-20/h1-9,11,15,29H,10,12H2,(H,26,30)(H,27,28)/t15-/m1/s1. The number of carbonyl (C=O) groups excluding carboxylic acids is 1. The van der Waals surface area contributed by atoms with Gasteiger partial charge in [-0.3, -0.25) is 9.89 Å². The fraction of sp³-hybridized carbons (Fsp3) is 0.136. The van der Waals surface area contributed by atoms with E-state index in [0.717, 1.165) is 5.01 Å². The molecule has 0 bridgehead atoms. The maximum atomic E-state index is 14.8. The molecule has 158 valence electrons. The molecule has 0 aliphatic heterocycles. The molecule has 0 aliphatic rings. The van der Waals surface area contributed by atoms with Gasteiger partial charge in [0, 0.05) is 29.1 Å². The molecule has 9 heteroatoms. The van der Waals surface area contributed by atoms with E-state index in [9.17, 15) is 18.7 Å². The first kappa shape index (κ1) is 20.8. The lowest BCUT2D eigenvalue weighted by atomic mass is 10.0. The largest absolute Gasteiger partial charge is 0.394 e. The summed E-state index contributed by atoms with van der Waals surface area (Å²) >= 11 is 1.42. The van der Waals surface area contributed by atoms with Gasteiger partial charge in [-0.1, -0.05) is 6.07 Å². The lowest BCUT2D eigenvalue weighted by Gasteiger charge is -2.16. The maximum absolute atomic E-state index is 14.8. The van der Waals surface area contributed by atoms with Crippen molar-refractivity contribution < 1.29 is 18.7 Å². The predicted molar refractivity (Wildman–Crippen MR) is 114 cm³/mol. The highest BCUT2D eigenvalue weighted by Crippen LogP contribution is 2.29. The second-order valence-electron chi connectivity index (χ2n) is 6.82. The number of halogens is 2. The Bertz CT molecular complexity index is 1180. The summed E-state index contributed by atoms with van der Waals surface area (Å²) < 4.78 is 27.9. The molecule has 0 aliphatic carbocycles. The number of aliphatic hydroxyl groups is 1. The summed E-state index contributed by atoms with van der Waals surface area (Å²) in [7, 11) is 0. The molecule has 0 unspecified atom stereocenters. The van der Waals surface area contributed by atoms with Crippen molar-refractivity contribution in [1.29, 1.82) is 0 Å². The number of nitrogens with zero attached hydrogens (tertiary/aromatic N) is 2. The average Bonchev–Trinajstić information content (AvgIpc) is 3.46. The summed E-state index contributed by atoms with van der Waals surface area (Å²) in [6, 6.07) is 11.0. The van der Waals surface area contributed by atoms with Crippen molar-refractivity contribution in [2.24, 2.45) is 0 Å². The van der Waals surface area contributed by atoms with Crippen LogP contribution < -0.4 is 5.32 Å². The van der Waals surface area contributed by atoms with Crippen molar-refractivity contribution >= 4 is 17.2 Å². The molecule has 1 amide bonds. The smallest absolute Gasteiger partial charge is 0.252 e. The zero-order chi connectivity index (χ0) is 21.8. The van der Waals surface area contributed by atoms with Gasteiger partial charge >= 0.3 is 0 Å². The van der Waals surface area contributed by atoms with Crippen molar-refractivity contribution in [3.63, 3.8) is 0 Å². The minimum atomic E-state index is -0.595. The Morgan fingerprint density at radius 2 is 2.00 bits per heavy atom. The van der Waals surface area contributed by atoms with Crippen molar-refractivity contribution in [1.82, 2.24) is 20.5 Å². The molecule has 2 aromatic carbocycles. The number of aliphatic hydroxyl groups excluding tert-OH is 1. The number of thiazole rings is 1. The van der Waals surface area contributed by atoms with Crippen molar-refractivity contribution in [3.05, 3.63) is 82.3 Å². The molecular formula is C22H18F2N4O2S. The van der Waals surface area contributed by atoms with E-state index in [1.165, 1.54) is 41.7 Å². The van der Waals surface area contributed by atoms with Crippen LogP contribution >= 0.6 is 11.3 Å². The number of aromatic amines is 1. The Kier molecular flexibility index (Phi) is 6.15. The summed E-state index contributed by atoms with van der Waals surface area (Å²) in [5.74, 6) is -1.49. The molecule has 0 saturated heterocycles. The van der Waals surface area contributed by atoms with Gasteiger partial charge in [0.15, 0.2) is 0 Å². The molecule has 6 nitrogen and oxygen atoms in total. The molecular weight excluding hydrogens is 422 g/mol. The number of aromatic nitrogens is 3. The number of H-pyrrole nitrogens is 1. The van der Waals surface area contributed by atoms with Gasteiger partial charge in [0.1, 0.15) is 11.6 Å². The van der Waals surface area contributed by atoms with Gasteiger partial charge in [-0.05, 0) is 42.5 Å². The lowest BCUT2D eigenvalue weighted by molar-refractivity contribution is 0.0916. The van der Waals surface area contributed by atoms with Crippen molar-refractivity contribution in [2.45, 2.75) is 12.5 Å². The van der Waals surface area contributed by atoms with Gasteiger partial charge in [0.2, 0.25) is 0 Å². The molecule has 0 fully saturated rings. The van der Waals surface area contributed by atoms with E-state index in [2.05, 4.69) is 20.5 Å². The summed E-state index contributed by atoms with van der Waals surface area (Å²) in [6.45, 7) is -0.283. The minimum Gasteiger partial charge on any atom is -0.394 e. The quantitative estimate of drug-likeness (QED) is 0.408. The van der Waals surface area contributed by atoms with Gasteiger partial charge in [0.25, 0.3) is 5.91 Å². The Hall–Kier alpha value is -3.43. The fourth-order valence-corrected chi connectivity index (χ4v) is 3.89. The number of hydrogen-bond acceptors (Lipinski definition) is 5. The van der Waals surface area contributed by atoms with E-state index in [4.69, 9.17) is 0 Å². The van der Waals surface area contributed by atoms with E-state index < -0.39 is 17.8 Å². The van der Waals surface area contributed by atoms with Gasteiger partial charge in [-0.25, -0.2) is 13.8 Å². The second kappa shape index (κ2) is 9.15. The van der Waals surface area contributed by atoms with E-state index in [1.54, 1.807) is 24.4 Å². The molecule has 4 aromatic rings. The second-order valence-corrected chi connectivity index (χ2v) is 7.80. The number of nitrogens with one attached hydrogen (secondary N) is 2. The normalized spacial score (nSPS) is 12.0. The Balaban J connectivity index is 1.61. The highest BCUT2D eigenvalue weighted by Gasteiger charge is 2.21. The van der Waals surface area contributed by atoms with Crippen LogP contribution in [0, 0.1) is 11.6 Å². The monoisotopic (exact) mass is 440 g/mol. The van der Waals surface area contributed by atoms with Crippen LogP contribution in [-0.2, 0) is 6.42 Å². The molecule has 4 rings (SSSR count). The summed E-state index contributed by atoms with van der Waals surface area (Å²) in [6.07, 6.45) is 2.02. The minimum absolute atomic E-state index is 0.0619. The molecule has 2 heterocycles.